The highest BCUT2D eigenvalue weighted by atomic mass is 19.1. The van der Waals surface area contributed by atoms with Crippen molar-refractivity contribution in [2.45, 2.75) is 0 Å². The Morgan fingerprint density at radius 1 is 1.19 bits per heavy atom. The lowest BCUT2D eigenvalue weighted by atomic mass is 10.1. The average molecular weight is 214 g/mol. The Balaban J connectivity index is 2.29. The SMILES string of the molecule is Fc1cccc(-c2cncn3cnnc23)c1. The summed E-state index contributed by atoms with van der Waals surface area (Å²) in [6.45, 7) is 0. The highest BCUT2D eigenvalue weighted by molar-refractivity contribution is 5.76. The monoisotopic (exact) mass is 214 g/mol. The second-order valence-electron chi connectivity index (χ2n) is 3.38. The van der Waals surface area contributed by atoms with E-state index in [9.17, 15) is 4.39 Å². The molecule has 5 heteroatoms. The normalized spacial score (nSPS) is 10.8. The molecule has 78 valence electrons. The Kier molecular flexibility index (Phi) is 1.89. The smallest absolute Gasteiger partial charge is 0.171 e. The van der Waals surface area contributed by atoms with Gasteiger partial charge in [0.25, 0.3) is 0 Å². The van der Waals surface area contributed by atoms with Crippen LogP contribution in [0.1, 0.15) is 0 Å². The summed E-state index contributed by atoms with van der Waals surface area (Å²) in [6.07, 6.45) is 4.82. The first-order valence-corrected chi connectivity index (χ1v) is 4.74. The predicted molar refractivity (Wildman–Crippen MR) is 56.2 cm³/mol. The number of benzene rings is 1. The molecule has 0 amide bonds. The molecule has 2 aromatic heterocycles. The topological polar surface area (TPSA) is 43.1 Å². The first-order chi connectivity index (χ1) is 7.84. The van der Waals surface area contributed by atoms with Crippen molar-refractivity contribution >= 4 is 5.65 Å². The second kappa shape index (κ2) is 3.37. The largest absolute Gasteiger partial charge is 0.271 e. The van der Waals surface area contributed by atoms with Crippen molar-refractivity contribution in [3.05, 3.63) is 48.9 Å². The fraction of sp³-hybridized carbons (Fsp3) is 0. The van der Waals surface area contributed by atoms with E-state index >= 15 is 0 Å². The lowest BCUT2D eigenvalue weighted by Gasteiger charge is -2.02. The summed E-state index contributed by atoms with van der Waals surface area (Å²) in [7, 11) is 0. The van der Waals surface area contributed by atoms with E-state index in [4.69, 9.17) is 0 Å². The van der Waals surface area contributed by atoms with Gasteiger partial charge in [-0.25, -0.2) is 9.37 Å². The molecule has 0 N–H and O–H groups in total. The van der Waals surface area contributed by atoms with Gasteiger partial charge in [-0.15, -0.1) is 10.2 Å². The molecule has 0 aliphatic heterocycles. The molecule has 3 aromatic rings. The van der Waals surface area contributed by atoms with Crippen LogP contribution in [0.5, 0.6) is 0 Å². The maximum atomic E-state index is 13.1. The van der Waals surface area contributed by atoms with Gasteiger partial charge in [0.05, 0.1) is 0 Å². The summed E-state index contributed by atoms with van der Waals surface area (Å²) in [5.41, 5.74) is 2.17. The minimum absolute atomic E-state index is 0.279. The molecule has 0 atom stereocenters. The van der Waals surface area contributed by atoms with Crippen LogP contribution in [0.15, 0.2) is 43.1 Å². The molecule has 0 spiro atoms. The summed E-state index contributed by atoms with van der Waals surface area (Å²) in [5.74, 6) is -0.279. The third kappa shape index (κ3) is 1.33. The summed E-state index contributed by atoms with van der Waals surface area (Å²) < 4.78 is 14.8. The maximum absolute atomic E-state index is 13.1. The molecule has 0 unspecified atom stereocenters. The molecule has 16 heavy (non-hydrogen) atoms. The van der Waals surface area contributed by atoms with E-state index in [1.54, 1.807) is 29.3 Å². The number of aromatic nitrogens is 4. The average Bonchev–Trinajstić information content (AvgIpc) is 2.76. The molecule has 2 heterocycles. The molecule has 0 saturated carbocycles. The van der Waals surface area contributed by atoms with Crippen LogP contribution in [-0.2, 0) is 0 Å². The van der Waals surface area contributed by atoms with Gasteiger partial charge in [-0.2, -0.15) is 0 Å². The Morgan fingerprint density at radius 3 is 3.00 bits per heavy atom. The van der Waals surface area contributed by atoms with Crippen LogP contribution in [0.25, 0.3) is 16.8 Å². The van der Waals surface area contributed by atoms with Gasteiger partial charge in [0.1, 0.15) is 18.5 Å². The van der Waals surface area contributed by atoms with Crippen LogP contribution >= 0.6 is 0 Å². The van der Waals surface area contributed by atoms with Crippen molar-refractivity contribution in [2.75, 3.05) is 0 Å². The molecular formula is C11H7FN4. The number of nitrogens with zero attached hydrogens (tertiary/aromatic N) is 4. The molecule has 4 nitrogen and oxygen atoms in total. The van der Waals surface area contributed by atoms with Crippen molar-refractivity contribution in [3.8, 4) is 11.1 Å². The van der Waals surface area contributed by atoms with Crippen LogP contribution in [0.4, 0.5) is 4.39 Å². The number of rotatable bonds is 1. The number of fused-ring (bicyclic) bond motifs is 1. The van der Waals surface area contributed by atoms with Crippen molar-refractivity contribution < 1.29 is 4.39 Å². The first-order valence-electron chi connectivity index (χ1n) is 4.74. The van der Waals surface area contributed by atoms with Crippen LogP contribution in [0, 0.1) is 5.82 Å². The van der Waals surface area contributed by atoms with Crippen molar-refractivity contribution in [3.63, 3.8) is 0 Å². The first kappa shape index (κ1) is 8.96. The fourth-order valence-electron chi connectivity index (χ4n) is 1.62. The van der Waals surface area contributed by atoms with E-state index in [0.29, 0.717) is 5.65 Å². The zero-order chi connectivity index (χ0) is 11.0. The number of hydrogen-bond donors (Lipinski definition) is 0. The molecule has 0 saturated heterocycles. The Bertz CT molecular complexity index is 647. The van der Waals surface area contributed by atoms with Crippen LogP contribution in [0.3, 0.4) is 0 Å². The zero-order valence-electron chi connectivity index (χ0n) is 8.21. The minimum Gasteiger partial charge on any atom is -0.271 e. The van der Waals surface area contributed by atoms with Crippen molar-refractivity contribution in [1.29, 1.82) is 0 Å². The third-order valence-electron chi connectivity index (χ3n) is 2.34. The van der Waals surface area contributed by atoms with Crippen LogP contribution in [-0.4, -0.2) is 19.6 Å². The minimum atomic E-state index is -0.279. The van der Waals surface area contributed by atoms with Crippen molar-refractivity contribution in [1.82, 2.24) is 19.6 Å². The van der Waals surface area contributed by atoms with Gasteiger partial charge < -0.3 is 0 Å². The quantitative estimate of drug-likeness (QED) is 0.621. The van der Waals surface area contributed by atoms with Gasteiger partial charge in [-0.05, 0) is 17.7 Å². The summed E-state index contributed by atoms with van der Waals surface area (Å²) in [5, 5.41) is 7.76. The van der Waals surface area contributed by atoms with E-state index in [1.807, 2.05) is 6.07 Å². The van der Waals surface area contributed by atoms with Gasteiger partial charge in [-0.3, -0.25) is 4.40 Å². The molecule has 3 rings (SSSR count). The van der Waals surface area contributed by atoms with Gasteiger partial charge in [0.2, 0.25) is 0 Å². The molecule has 0 fully saturated rings. The standard InChI is InChI=1S/C11H7FN4/c12-9-3-1-2-8(4-9)10-5-13-6-16-7-14-15-11(10)16/h1-7H. The van der Waals surface area contributed by atoms with Crippen LogP contribution in [0.2, 0.25) is 0 Å². The lowest BCUT2D eigenvalue weighted by Crippen LogP contribution is -1.90. The van der Waals surface area contributed by atoms with Gasteiger partial charge in [0.15, 0.2) is 5.65 Å². The molecule has 0 aliphatic carbocycles. The zero-order valence-corrected chi connectivity index (χ0v) is 8.21. The lowest BCUT2D eigenvalue weighted by molar-refractivity contribution is 0.628. The Hall–Kier alpha value is -2.30. The van der Waals surface area contributed by atoms with E-state index in [-0.39, 0.29) is 5.82 Å². The van der Waals surface area contributed by atoms with Gasteiger partial charge in [-0.1, -0.05) is 12.1 Å². The van der Waals surface area contributed by atoms with Gasteiger partial charge in [0, 0.05) is 11.8 Å². The van der Waals surface area contributed by atoms with E-state index in [0.717, 1.165) is 11.1 Å². The molecule has 1 aromatic carbocycles. The summed E-state index contributed by atoms with van der Waals surface area (Å²) in [4.78, 5) is 4.05. The highest BCUT2D eigenvalue weighted by Gasteiger charge is 2.06. The van der Waals surface area contributed by atoms with Crippen molar-refractivity contribution in [2.24, 2.45) is 0 Å². The summed E-state index contributed by atoms with van der Waals surface area (Å²) in [6, 6.07) is 6.33. The number of halogens is 1. The molecule has 0 aliphatic rings. The maximum Gasteiger partial charge on any atom is 0.171 e. The van der Waals surface area contributed by atoms with E-state index in [1.165, 1.54) is 12.1 Å². The van der Waals surface area contributed by atoms with E-state index in [2.05, 4.69) is 15.2 Å². The van der Waals surface area contributed by atoms with E-state index < -0.39 is 0 Å². The van der Waals surface area contributed by atoms with Gasteiger partial charge >= 0.3 is 0 Å². The molecule has 0 radical (unpaired) electrons. The molecule has 0 bridgehead atoms. The fourth-order valence-corrected chi connectivity index (χ4v) is 1.62. The van der Waals surface area contributed by atoms with Crippen LogP contribution < -0.4 is 0 Å². The predicted octanol–water partition coefficient (Wildman–Crippen LogP) is 1.93. The second-order valence-corrected chi connectivity index (χ2v) is 3.38. The Labute approximate surface area is 90.4 Å². The number of hydrogen-bond acceptors (Lipinski definition) is 3. The summed E-state index contributed by atoms with van der Waals surface area (Å²) >= 11 is 0. The Morgan fingerprint density at radius 2 is 2.12 bits per heavy atom. The molecular weight excluding hydrogens is 207 g/mol. The highest BCUT2D eigenvalue weighted by Crippen LogP contribution is 2.22. The third-order valence-corrected chi connectivity index (χ3v) is 2.34.